The fraction of sp³-hybridized carbons (Fsp3) is 0.267. The van der Waals surface area contributed by atoms with Gasteiger partial charge in [-0.3, -0.25) is 10.2 Å². The number of benzene rings is 1. The first kappa shape index (κ1) is 13.4. The van der Waals surface area contributed by atoms with Crippen LogP contribution in [0.25, 0.3) is 5.69 Å². The van der Waals surface area contributed by atoms with Gasteiger partial charge in [0.2, 0.25) is 0 Å². The van der Waals surface area contributed by atoms with Gasteiger partial charge < -0.3 is 4.57 Å². The summed E-state index contributed by atoms with van der Waals surface area (Å²) in [7, 11) is 0. The number of amides is 1. The van der Waals surface area contributed by atoms with Gasteiger partial charge in [-0.1, -0.05) is 18.2 Å². The van der Waals surface area contributed by atoms with E-state index in [-0.39, 0.29) is 5.91 Å². The van der Waals surface area contributed by atoms with Gasteiger partial charge in [0.25, 0.3) is 5.91 Å². The predicted octanol–water partition coefficient (Wildman–Crippen LogP) is 2.31. The summed E-state index contributed by atoms with van der Waals surface area (Å²) in [5.74, 6) is 4.96. The number of nitrogens with one attached hydrogen (secondary N) is 1. The summed E-state index contributed by atoms with van der Waals surface area (Å²) in [6, 6.07) is 8.05. The van der Waals surface area contributed by atoms with Crippen molar-refractivity contribution in [3.63, 3.8) is 0 Å². The smallest absolute Gasteiger partial charge is 0.267 e. The molecule has 4 nitrogen and oxygen atoms in total. The Labute approximate surface area is 113 Å². The molecule has 0 fully saturated rings. The lowest BCUT2D eigenvalue weighted by atomic mass is 10.1. The van der Waals surface area contributed by atoms with E-state index in [0.29, 0.717) is 5.56 Å². The molecule has 0 saturated heterocycles. The highest BCUT2D eigenvalue weighted by molar-refractivity contribution is 5.95. The highest BCUT2D eigenvalue weighted by Crippen LogP contribution is 2.25. The summed E-state index contributed by atoms with van der Waals surface area (Å²) >= 11 is 0. The van der Waals surface area contributed by atoms with Crippen LogP contribution in [0.5, 0.6) is 0 Å². The van der Waals surface area contributed by atoms with E-state index < -0.39 is 0 Å². The van der Waals surface area contributed by atoms with E-state index in [9.17, 15) is 4.79 Å². The van der Waals surface area contributed by atoms with Gasteiger partial charge in [0.05, 0.1) is 11.3 Å². The Morgan fingerprint density at radius 1 is 1.16 bits per heavy atom. The van der Waals surface area contributed by atoms with E-state index >= 15 is 0 Å². The number of hydrogen-bond acceptors (Lipinski definition) is 2. The molecule has 0 unspecified atom stereocenters. The lowest BCUT2D eigenvalue weighted by Gasteiger charge is -2.15. The van der Waals surface area contributed by atoms with Crippen molar-refractivity contribution in [2.75, 3.05) is 0 Å². The van der Waals surface area contributed by atoms with Crippen LogP contribution < -0.4 is 11.3 Å². The maximum atomic E-state index is 11.8. The molecule has 1 aromatic carbocycles. The topological polar surface area (TPSA) is 60.0 Å². The number of nitrogens with zero attached hydrogens (tertiary/aromatic N) is 1. The molecule has 0 aliphatic carbocycles. The van der Waals surface area contributed by atoms with E-state index in [1.807, 2.05) is 26.0 Å². The number of nitrogens with two attached hydrogens (primary N) is 1. The number of aromatic nitrogens is 1. The molecule has 4 heteroatoms. The zero-order valence-electron chi connectivity index (χ0n) is 11.7. The van der Waals surface area contributed by atoms with Gasteiger partial charge in [-0.05, 0) is 44.9 Å². The van der Waals surface area contributed by atoms with Crippen LogP contribution in [0.15, 0.2) is 24.3 Å². The Morgan fingerprint density at radius 3 is 2.26 bits per heavy atom. The van der Waals surface area contributed by atoms with Crippen LogP contribution in [0.4, 0.5) is 0 Å². The first-order valence-electron chi connectivity index (χ1n) is 6.23. The average Bonchev–Trinajstić information content (AvgIpc) is 2.65. The molecule has 1 amide bonds. The molecule has 1 heterocycles. The lowest BCUT2D eigenvalue weighted by molar-refractivity contribution is 0.0953. The van der Waals surface area contributed by atoms with Crippen molar-refractivity contribution < 1.29 is 4.79 Å². The minimum Gasteiger partial charge on any atom is -0.317 e. The SMILES string of the molecule is Cc1cccc(C)c1-n1c(C)cc(C(=O)NN)c1C. The van der Waals surface area contributed by atoms with Crippen LogP contribution in [0.1, 0.15) is 32.9 Å². The molecule has 0 radical (unpaired) electrons. The van der Waals surface area contributed by atoms with Gasteiger partial charge in [-0.15, -0.1) is 0 Å². The summed E-state index contributed by atoms with van der Waals surface area (Å²) in [6.45, 7) is 8.07. The summed E-state index contributed by atoms with van der Waals surface area (Å²) in [6.07, 6.45) is 0. The van der Waals surface area contributed by atoms with Crippen molar-refractivity contribution in [2.45, 2.75) is 27.7 Å². The van der Waals surface area contributed by atoms with Crippen molar-refractivity contribution in [3.05, 3.63) is 52.3 Å². The van der Waals surface area contributed by atoms with Crippen LogP contribution in [-0.4, -0.2) is 10.5 Å². The van der Waals surface area contributed by atoms with Crippen LogP contribution >= 0.6 is 0 Å². The standard InChI is InChI=1S/C15H19N3O/c1-9-6-5-7-10(2)14(9)18-11(3)8-13(12(18)4)15(19)17-16/h5-8H,16H2,1-4H3,(H,17,19). The molecule has 1 aromatic heterocycles. The van der Waals surface area contributed by atoms with Crippen molar-refractivity contribution in [1.29, 1.82) is 0 Å². The monoisotopic (exact) mass is 257 g/mol. The van der Waals surface area contributed by atoms with Gasteiger partial charge in [0.15, 0.2) is 0 Å². The number of para-hydroxylation sites is 1. The molecule has 0 aliphatic heterocycles. The average molecular weight is 257 g/mol. The van der Waals surface area contributed by atoms with Crippen molar-refractivity contribution in [3.8, 4) is 5.69 Å². The Kier molecular flexibility index (Phi) is 3.44. The first-order valence-corrected chi connectivity index (χ1v) is 6.23. The zero-order chi connectivity index (χ0) is 14.2. The van der Waals surface area contributed by atoms with Gasteiger partial charge in [0.1, 0.15) is 0 Å². The van der Waals surface area contributed by atoms with Crippen LogP contribution in [0.3, 0.4) is 0 Å². The molecule has 19 heavy (non-hydrogen) atoms. The molecule has 0 bridgehead atoms. The fourth-order valence-corrected chi connectivity index (χ4v) is 2.57. The van der Waals surface area contributed by atoms with E-state index in [2.05, 4.69) is 36.0 Å². The van der Waals surface area contributed by atoms with Gasteiger partial charge in [-0.25, -0.2) is 5.84 Å². The predicted molar refractivity (Wildman–Crippen MR) is 76.4 cm³/mol. The minimum atomic E-state index is -0.259. The molecule has 0 aliphatic rings. The summed E-state index contributed by atoms with van der Waals surface area (Å²) in [4.78, 5) is 11.8. The lowest BCUT2D eigenvalue weighted by Crippen LogP contribution is -2.30. The number of hydrogen-bond donors (Lipinski definition) is 2. The van der Waals surface area contributed by atoms with Gasteiger partial charge >= 0.3 is 0 Å². The summed E-state index contributed by atoms with van der Waals surface area (Å²) in [5.41, 5.74) is 8.22. The third-order valence-electron chi connectivity index (χ3n) is 3.47. The number of carbonyl (C=O) groups is 1. The van der Waals surface area contributed by atoms with E-state index in [0.717, 1.165) is 17.1 Å². The van der Waals surface area contributed by atoms with E-state index in [4.69, 9.17) is 5.84 Å². The molecule has 2 aromatic rings. The van der Waals surface area contributed by atoms with E-state index in [1.165, 1.54) is 11.1 Å². The summed E-state index contributed by atoms with van der Waals surface area (Å²) < 4.78 is 2.11. The Balaban J connectivity index is 2.70. The largest absolute Gasteiger partial charge is 0.317 e. The second-order valence-corrected chi connectivity index (χ2v) is 4.83. The van der Waals surface area contributed by atoms with Gasteiger partial charge in [-0.2, -0.15) is 0 Å². The number of rotatable bonds is 2. The quantitative estimate of drug-likeness (QED) is 0.493. The number of nitrogen functional groups attached to an aromatic ring is 1. The van der Waals surface area contributed by atoms with Crippen molar-refractivity contribution in [1.82, 2.24) is 9.99 Å². The van der Waals surface area contributed by atoms with Gasteiger partial charge in [0, 0.05) is 11.4 Å². The molecular formula is C15H19N3O. The maximum absolute atomic E-state index is 11.8. The Bertz CT molecular complexity index is 621. The number of carbonyl (C=O) groups excluding carboxylic acids is 1. The normalized spacial score (nSPS) is 10.6. The minimum absolute atomic E-state index is 0.259. The maximum Gasteiger partial charge on any atom is 0.267 e. The highest BCUT2D eigenvalue weighted by Gasteiger charge is 2.17. The fourth-order valence-electron chi connectivity index (χ4n) is 2.57. The van der Waals surface area contributed by atoms with Crippen molar-refractivity contribution in [2.24, 2.45) is 5.84 Å². The first-order chi connectivity index (χ1) is 8.97. The van der Waals surface area contributed by atoms with E-state index in [1.54, 1.807) is 0 Å². The molecule has 0 atom stereocenters. The second kappa shape index (κ2) is 4.90. The van der Waals surface area contributed by atoms with Crippen LogP contribution in [-0.2, 0) is 0 Å². The Hall–Kier alpha value is -2.07. The van der Waals surface area contributed by atoms with Crippen molar-refractivity contribution >= 4 is 5.91 Å². The third kappa shape index (κ3) is 2.15. The third-order valence-corrected chi connectivity index (χ3v) is 3.47. The second-order valence-electron chi connectivity index (χ2n) is 4.83. The summed E-state index contributed by atoms with van der Waals surface area (Å²) in [5, 5.41) is 0. The molecular weight excluding hydrogens is 238 g/mol. The number of aryl methyl sites for hydroxylation is 3. The van der Waals surface area contributed by atoms with Crippen LogP contribution in [0, 0.1) is 27.7 Å². The molecule has 0 spiro atoms. The Morgan fingerprint density at radius 2 is 1.74 bits per heavy atom. The highest BCUT2D eigenvalue weighted by atomic mass is 16.2. The zero-order valence-corrected chi connectivity index (χ0v) is 11.7. The molecule has 0 saturated carbocycles. The number of hydrazine groups is 1. The molecule has 2 rings (SSSR count). The molecule has 100 valence electrons. The van der Waals surface area contributed by atoms with Crippen LogP contribution in [0.2, 0.25) is 0 Å². The molecule has 3 N–H and O–H groups in total.